The maximum atomic E-state index is 13.6. The SMILES string of the molecule is CCOC(=O)C(NC(=O)c1ccncc1F)c1ccc(Cl)cc1. The molecule has 120 valence electrons. The van der Waals surface area contributed by atoms with Gasteiger partial charge >= 0.3 is 5.97 Å². The first-order valence-electron chi connectivity index (χ1n) is 6.85. The summed E-state index contributed by atoms with van der Waals surface area (Å²) in [5.41, 5.74) is 0.277. The third-order valence-corrected chi connectivity index (χ3v) is 3.27. The predicted octanol–water partition coefficient (Wildman–Crippen LogP) is 2.91. The lowest BCUT2D eigenvalue weighted by Gasteiger charge is -2.18. The first-order valence-corrected chi connectivity index (χ1v) is 7.23. The van der Waals surface area contributed by atoms with Crippen LogP contribution in [0.4, 0.5) is 4.39 Å². The van der Waals surface area contributed by atoms with Gasteiger partial charge in [0, 0.05) is 11.2 Å². The van der Waals surface area contributed by atoms with Crippen molar-refractivity contribution in [3.05, 3.63) is 64.7 Å². The predicted molar refractivity (Wildman–Crippen MR) is 82.5 cm³/mol. The highest BCUT2D eigenvalue weighted by molar-refractivity contribution is 6.30. The molecule has 0 radical (unpaired) electrons. The number of nitrogens with one attached hydrogen (secondary N) is 1. The van der Waals surface area contributed by atoms with Gasteiger partial charge in [-0.25, -0.2) is 9.18 Å². The van der Waals surface area contributed by atoms with E-state index in [9.17, 15) is 14.0 Å². The van der Waals surface area contributed by atoms with Gasteiger partial charge in [-0.1, -0.05) is 23.7 Å². The van der Waals surface area contributed by atoms with E-state index >= 15 is 0 Å². The zero-order valence-electron chi connectivity index (χ0n) is 12.3. The number of amides is 1. The van der Waals surface area contributed by atoms with Gasteiger partial charge in [-0.2, -0.15) is 0 Å². The van der Waals surface area contributed by atoms with Crippen LogP contribution in [0.15, 0.2) is 42.7 Å². The van der Waals surface area contributed by atoms with Crippen LogP contribution in [0, 0.1) is 5.82 Å². The number of hydrogen-bond acceptors (Lipinski definition) is 4. The highest BCUT2D eigenvalue weighted by Crippen LogP contribution is 2.19. The van der Waals surface area contributed by atoms with E-state index in [1.165, 1.54) is 12.3 Å². The monoisotopic (exact) mass is 336 g/mol. The van der Waals surface area contributed by atoms with Gasteiger partial charge in [-0.15, -0.1) is 0 Å². The number of esters is 1. The molecule has 5 nitrogen and oxygen atoms in total. The molecule has 0 saturated carbocycles. The molecular weight excluding hydrogens is 323 g/mol. The standard InChI is InChI=1S/C16H14ClFN2O3/c1-2-23-16(22)14(10-3-5-11(17)6-4-10)20-15(21)12-7-8-19-9-13(12)18/h3-9,14H,2H2,1H3,(H,20,21). The smallest absolute Gasteiger partial charge is 0.333 e. The summed E-state index contributed by atoms with van der Waals surface area (Å²) in [5.74, 6) is -2.15. The molecule has 0 aliphatic carbocycles. The summed E-state index contributed by atoms with van der Waals surface area (Å²) < 4.78 is 18.6. The maximum Gasteiger partial charge on any atom is 0.333 e. The molecule has 7 heteroatoms. The van der Waals surface area contributed by atoms with Crippen molar-refractivity contribution in [2.45, 2.75) is 13.0 Å². The molecule has 1 aromatic heterocycles. The molecule has 1 atom stereocenters. The van der Waals surface area contributed by atoms with E-state index in [0.717, 1.165) is 6.20 Å². The van der Waals surface area contributed by atoms with Crippen LogP contribution < -0.4 is 5.32 Å². The van der Waals surface area contributed by atoms with Crippen LogP contribution in [0.3, 0.4) is 0 Å². The summed E-state index contributed by atoms with van der Waals surface area (Å²) in [4.78, 5) is 27.9. The van der Waals surface area contributed by atoms with Crippen molar-refractivity contribution in [1.29, 1.82) is 0 Å². The van der Waals surface area contributed by atoms with Crippen molar-refractivity contribution >= 4 is 23.5 Å². The Kier molecular flexibility index (Phi) is 5.65. The van der Waals surface area contributed by atoms with Crippen LogP contribution in [-0.4, -0.2) is 23.5 Å². The fourth-order valence-corrected chi connectivity index (χ4v) is 2.05. The number of halogens is 2. The average Bonchev–Trinajstić information content (AvgIpc) is 2.54. The number of ether oxygens (including phenoxy) is 1. The topological polar surface area (TPSA) is 68.3 Å². The number of rotatable bonds is 5. The fraction of sp³-hybridized carbons (Fsp3) is 0.188. The molecule has 1 amide bonds. The largest absolute Gasteiger partial charge is 0.464 e. The molecular formula is C16H14ClFN2O3. The summed E-state index contributed by atoms with van der Waals surface area (Å²) in [6.07, 6.45) is 2.22. The third kappa shape index (κ3) is 4.26. The average molecular weight is 337 g/mol. The van der Waals surface area contributed by atoms with Crippen LogP contribution in [0.1, 0.15) is 28.9 Å². The van der Waals surface area contributed by atoms with Crippen molar-refractivity contribution in [2.75, 3.05) is 6.61 Å². The molecule has 0 aliphatic rings. The Hall–Kier alpha value is -2.47. The lowest BCUT2D eigenvalue weighted by molar-refractivity contribution is -0.145. The fourth-order valence-electron chi connectivity index (χ4n) is 1.93. The number of pyridine rings is 1. The minimum Gasteiger partial charge on any atom is -0.464 e. The number of carbonyl (C=O) groups excluding carboxylic acids is 2. The van der Waals surface area contributed by atoms with Crippen molar-refractivity contribution < 1.29 is 18.7 Å². The van der Waals surface area contributed by atoms with E-state index in [1.54, 1.807) is 31.2 Å². The molecule has 0 fully saturated rings. The van der Waals surface area contributed by atoms with E-state index in [2.05, 4.69) is 10.3 Å². The van der Waals surface area contributed by atoms with Gasteiger partial charge in [0.2, 0.25) is 0 Å². The normalized spacial score (nSPS) is 11.6. The van der Waals surface area contributed by atoms with Gasteiger partial charge in [0.15, 0.2) is 11.9 Å². The molecule has 23 heavy (non-hydrogen) atoms. The number of carbonyl (C=O) groups is 2. The summed E-state index contributed by atoms with van der Waals surface area (Å²) in [6.45, 7) is 1.81. The first-order chi connectivity index (χ1) is 11.0. The highest BCUT2D eigenvalue weighted by atomic mass is 35.5. The molecule has 1 heterocycles. The molecule has 0 saturated heterocycles. The van der Waals surface area contributed by atoms with Crippen LogP contribution >= 0.6 is 11.6 Å². The second-order valence-electron chi connectivity index (χ2n) is 4.57. The van der Waals surface area contributed by atoms with E-state index < -0.39 is 23.7 Å². The molecule has 1 N–H and O–H groups in total. The minimum absolute atomic E-state index is 0.155. The van der Waals surface area contributed by atoms with Gasteiger partial charge in [0.05, 0.1) is 18.4 Å². The lowest BCUT2D eigenvalue weighted by atomic mass is 10.1. The summed E-state index contributed by atoms with van der Waals surface area (Å²) in [6, 6.07) is 6.52. The molecule has 0 aliphatic heterocycles. The van der Waals surface area contributed by atoms with Crippen LogP contribution in [0.25, 0.3) is 0 Å². The van der Waals surface area contributed by atoms with E-state index in [0.29, 0.717) is 10.6 Å². The lowest BCUT2D eigenvalue weighted by Crippen LogP contribution is -2.35. The Labute approximate surface area is 137 Å². The second-order valence-corrected chi connectivity index (χ2v) is 5.00. The molecule has 2 aromatic rings. The van der Waals surface area contributed by atoms with E-state index in [1.807, 2.05) is 0 Å². The Balaban J connectivity index is 2.27. The van der Waals surface area contributed by atoms with E-state index in [4.69, 9.17) is 16.3 Å². The van der Waals surface area contributed by atoms with Gasteiger partial charge in [0.25, 0.3) is 5.91 Å². The minimum atomic E-state index is -1.06. The number of hydrogen-bond donors (Lipinski definition) is 1. The number of aromatic nitrogens is 1. The van der Waals surface area contributed by atoms with Gasteiger partial charge in [-0.05, 0) is 30.7 Å². The van der Waals surface area contributed by atoms with Gasteiger partial charge in [-0.3, -0.25) is 9.78 Å². The molecule has 0 bridgehead atoms. The quantitative estimate of drug-likeness (QED) is 0.852. The molecule has 1 unspecified atom stereocenters. The van der Waals surface area contributed by atoms with Gasteiger partial charge in [0.1, 0.15) is 0 Å². The Morgan fingerprint density at radius 3 is 2.61 bits per heavy atom. The molecule has 1 aromatic carbocycles. The van der Waals surface area contributed by atoms with Crippen LogP contribution in [-0.2, 0) is 9.53 Å². The number of nitrogens with zero attached hydrogens (tertiary/aromatic N) is 1. The molecule has 2 rings (SSSR count). The summed E-state index contributed by atoms with van der Waals surface area (Å²) >= 11 is 5.82. The van der Waals surface area contributed by atoms with Crippen LogP contribution in [0.5, 0.6) is 0 Å². The number of benzene rings is 1. The Morgan fingerprint density at radius 1 is 1.30 bits per heavy atom. The van der Waals surface area contributed by atoms with Crippen molar-refractivity contribution in [1.82, 2.24) is 10.3 Å². The zero-order valence-corrected chi connectivity index (χ0v) is 13.0. The zero-order chi connectivity index (χ0) is 16.8. The van der Waals surface area contributed by atoms with E-state index in [-0.39, 0.29) is 12.2 Å². The van der Waals surface area contributed by atoms with Crippen LogP contribution in [0.2, 0.25) is 5.02 Å². The highest BCUT2D eigenvalue weighted by Gasteiger charge is 2.25. The summed E-state index contributed by atoms with van der Waals surface area (Å²) in [7, 11) is 0. The Morgan fingerprint density at radius 2 is 2.00 bits per heavy atom. The van der Waals surface area contributed by atoms with Crippen molar-refractivity contribution in [3.63, 3.8) is 0 Å². The first kappa shape index (κ1) is 16.9. The van der Waals surface area contributed by atoms with Crippen molar-refractivity contribution in [3.8, 4) is 0 Å². The summed E-state index contributed by atoms with van der Waals surface area (Å²) in [5, 5.41) is 2.96. The molecule has 0 spiro atoms. The Bertz CT molecular complexity index is 707. The maximum absolute atomic E-state index is 13.6. The second kappa shape index (κ2) is 7.69. The van der Waals surface area contributed by atoms with Crippen molar-refractivity contribution in [2.24, 2.45) is 0 Å². The van der Waals surface area contributed by atoms with Gasteiger partial charge < -0.3 is 10.1 Å². The third-order valence-electron chi connectivity index (χ3n) is 3.02.